The zero-order valence-electron chi connectivity index (χ0n) is 10.0. The fraction of sp³-hybridized carbons (Fsp3) is 0.385. The Labute approximate surface area is 108 Å². The van der Waals surface area contributed by atoms with E-state index < -0.39 is 29.4 Å². The van der Waals surface area contributed by atoms with Crippen molar-refractivity contribution in [3.05, 3.63) is 35.4 Å². The molecule has 0 heterocycles. The van der Waals surface area contributed by atoms with Crippen molar-refractivity contribution < 1.29 is 23.5 Å². The van der Waals surface area contributed by atoms with E-state index in [1.807, 2.05) is 0 Å². The highest BCUT2D eigenvalue weighted by atomic mass is 19.1. The number of aliphatic carboxylic acids is 1. The number of nitrogens with one attached hydrogen (secondary N) is 1. The minimum absolute atomic E-state index is 0.0364. The highest BCUT2D eigenvalue weighted by Crippen LogP contribution is 2.38. The molecule has 0 spiro atoms. The van der Waals surface area contributed by atoms with Gasteiger partial charge < -0.3 is 10.4 Å². The molecule has 19 heavy (non-hydrogen) atoms. The van der Waals surface area contributed by atoms with Gasteiger partial charge in [-0.25, -0.2) is 8.78 Å². The summed E-state index contributed by atoms with van der Waals surface area (Å²) in [4.78, 5) is 22.1. The lowest BCUT2D eigenvalue weighted by molar-refractivity contribution is -0.140. The fourth-order valence-corrected chi connectivity index (χ4v) is 1.97. The molecule has 6 heteroatoms. The molecular formula is C13H13F2NO3. The Bertz CT molecular complexity index is 498. The molecule has 0 aromatic heterocycles. The summed E-state index contributed by atoms with van der Waals surface area (Å²) < 4.78 is 26.6. The van der Waals surface area contributed by atoms with Crippen molar-refractivity contribution in [3.63, 3.8) is 0 Å². The SMILES string of the molecule is O=C(O)[C@H]1C[C@H]1C(=O)NCCc1c(F)cccc1F. The molecular weight excluding hydrogens is 256 g/mol. The van der Waals surface area contributed by atoms with Crippen LogP contribution in [0.4, 0.5) is 8.78 Å². The normalized spacial score (nSPS) is 20.9. The van der Waals surface area contributed by atoms with E-state index in [0.29, 0.717) is 6.42 Å². The van der Waals surface area contributed by atoms with Crippen LogP contribution in [0.5, 0.6) is 0 Å². The molecule has 1 amide bonds. The first kappa shape index (κ1) is 13.5. The van der Waals surface area contributed by atoms with E-state index in [0.717, 1.165) is 12.1 Å². The number of amides is 1. The lowest BCUT2D eigenvalue weighted by Gasteiger charge is -2.06. The number of benzene rings is 1. The van der Waals surface area contributed by atoms with Crippen molar-refractivity contribution in [2.75, 3.05) is 6.54 Å². The van der Waals surface area contributed by atoms with Crippen molar-refractivity contribution in [2.24, 2.45) is 11.8 Å². The number of carboxylic acids is 1. The smallest absolute Gasteiger partial charge is 0.307 e. The number of halogens is 2. The zero-order valence-corrected chi connectivity index (χ0v) is 10.0. The van der Waals surface area contributed by atoms with E-state index in [4.69, 9.17) is 5.11 Å². The third kappa shape index (κ3) is 3.07. The third-order valence-electron chi connectivity index (χ3n) is 3.18. The van der Waals surface area contributed by atoms with Crippen molar-refractivity contribution in [1.82, 2.24) is 5.32 Å². The Morgan fingerprint density at radius 1 is 1.26 bits per heavy atom. The predicted octanol–water partition coefficient (Wildman–Crippen LogP) is 1.34. The average molecular weight is 269 g/mol. The molecule has 0 unspecified atom stereocenters. The van der Waals surface area contributed by atoms with Crippen LogP contribution in [-0.2, 0) is 16.0 Å². The van der Waals surface area contributed by atoms with Crippen LogP contribution in [0.3, 0.4) is 0 Å². The zero-order chi connectivity index (χ0) is 14.0. The van der Waals surface area contributed by atoms with E-state index in [-0.39, 0.29) is 24.4 Å². The average Bonchev–Trinajstić information content (AvgIpc) is 3.13. The summed E-state index contributed by atoms with van der Waals surface area (Å²) in [5, 5.41) is 11.2. The summed E-state index contributed by atoms with van der Waals surface area (Å²) >= 11 is 0. The van der Waals surface area contributed by atoms with Gasteiger partial charge in [0.05, 0.1) is 11.8 Å². The van der Waals surface area contributed by atoms with E-state index in [1.165, 1.54) is 6.07 Å². The summed E-state index contributed by atoms with van der Waals surface area (Å²) in [6.07, 6.45) is 0.365. The van der Waals surface area contributed by atoms with Crippen LogP contribution in [-0.4, -0.2) is 23.5 Å². The maximum atomic E-state index is 13.3. The van der Waals surface area contributed by atoms with Gasteiger partial charge >= 0.3 is 5.97 Å². The second-order valence-electron chi connectivity index (χ2n) is 4.53. The third-order valence-corrected chi connectivity index (χ3v) is 3.18. The van der Waals surface area contributed by atoms with Crippen molar-refractivity contribution in [1.29, 1.82) is 0 Å². The van der Waals surface area contributed by atoms with E-state index in [1.54, 1.807) is 0 Å². The Morgan fingerprint density at radius 2 is 1.89 bits per heavy atom. The molecule has 1 fully saturated rings. The first-order valence-electron chi connectivity index (χ1n) is 5.94. The van der Waals surface area contributed by atoms with Gasteiger partial charge in [-0.2, -0.15) is 0 Å². The molecule has 0 bridgehead atoms. The molecule has 0 saturated heterocycles. The van der Waals surface area contributed by atoms with Crippen LogP contribution in [0.1, 0.15) is 12.0 Å². The molecule has 2 rings (SSSR count). The number of carbonyl (C=O) groups is 2. The lowest BCUT2D eigenvalue weighted by Crippen LogP contribution is -2.28. The van der Waals surface area contributed by atoms with Crippen molar-refractivity contribution >= 4 is 11.9 Å². The summed E-state index contributed by atoms with van der Waals surface area (Å²) in [5.74, 6) is -3.79. The number of rotatable bonds is 5. The predicted molar refractivity (Wildman–Crippen MR) is 62.3 cm³/mol. The van der Waals surface area contributed by atoms with E-state index in [2.05, 4.69) is 5.32 Å². The second kappa shape index (κ2) is 5.34. The highest BCUT2D eigenvalue weighted by molar-refractivity contribution is 5.89. The molecule has 0 radical (unpaired) electrons. The lowest BCUT2D eigenvalue weighted by atomic mass is 10.1. The van der Waals surface area contributed by atoms with Gasteiger partial charge in [0.25, 0.3) is 0 Å². The van der Waals surface area contributed by atoms with Gasteiger partial charge in [-0.05, 0) is 25.0 Å². The van der Waals surface area contributed by atoms with Crippen LogP contribution < -0.4 is 5.32 Å². The fourth-order valence-electron chi connectivity index (χ4n) is 1.97. The monoisotopic (exact) mass is 269 g/mol. The topological polar surface area (TPSA) is 66.4 Å². The van der Waals surface area contributed by atoms with Crippen molar-refractivity contribution in [2.45, 2.75) is 12.8 Å². The van der Waals surface area contributed by atoms with Crippen LogP contribution in [0, 0.1) is 23.5 Å². The molecule has 1 saturated carbocycles. The largest absolute Gasteiger partial charge is 0.481 e. The number of hydrogen-bond acceptors (Lipinski definition) is 2. The summed E-state index contributed by atoms with van der Waals surface area (Å²) in [5.41, 5.74) is -0.0756. The Balaban J connectivity index is 1.81. The quantitative estimate of drug-likeness (QED) is 0.847. The molecule has 2 atom stereocenters. The number of carboxylic acid groups (broad SMARTS) is 1. The molecule has 4 nitrogen and oxygen atoms in total. The van der Waals surface area contributed by atoms with Gasteiger partial charge in [-0.3, -0.25) is 9.59 Å². The Morgan fingerprint density at radius 3 is 2.42 bits per heavy atom. The summed E-state index contributed by atoms with van der Waals surface area (Å²) in [7, 11) is 0. The molecule has 1 aliphatic rings. The van der Waals surface area contributed by atoms with Crippen molar-refractivity contribution in [3.8, 4) is 0 Å². The standard InChI is InChI=1S/C13H13F2NO3/c14-10-2-1-3-11(15)7(10)4-5-16-12(17)8-6-9(8)13(18)19/h1-3,8-9H,4-6H2,(H,16,17)(H,18,19)/t8-,9+/m1/s1. The first-order chi connectivity index (χ1) is 9.00. The van der Waals surface area contributed by atoms with Crippen LogP contribution in [0.25, 0.3) is 0 Å². The number of carbonyl (C=O) groups excluding carboxylic acids is 1. The molecule has 1 aromatic carbocycles. The van der Waals surface area contributed by atoms with E-state index in [9.17, 15) is 18.4 Å². The molecule has 1 aromatic rings. The van der Waals surface area contributed by atoms with Gasteiger partial charge in [-0.15, -0.1) is 0 Å². The number of hydrogen-bond donors (Lipinski definition) is 2. The molecule has 2 N–H and O–H groups in total. The van der Waals surface area contributed by atoms with E-state index >= 15 is 0 Å². The van der Waals surface area contributed by atoms with Crippen LogP contribution >= 0.6 is 0 Å². The van der Waals surface area contributed by atoms with Gasteiger partial charge in [0.2, 0.25) is 5.91 Å². The van der Waals surface area contributed by atoms with Crippen LogP contribution in [0.15, 0.2) is 18.2 Å². The molecule has 102 valence electrons. The molecule has 0 aliphatic heterocycles. The molecule has 1 aliphatic carbocycles. The first-order valence-corrected chi connectivity index (χ1v) is 5.94. The van der Waals surface area contributed by atoms with Crippen LogP contribution in [0.2, 0.25) is 0 Å². The summed E-state index contributed by atoms with van der Waals surface area (Å²) in [6.45, 7) is 0.0829. The van der Waals surface area contributed by atoms with Gasteiger partial charge in [0.15, 0.2) is 0 Å². The Kier molecular flexibility index (Phi) is 3.78. The van der Waals surface area contributed by atoms with Gasteiger partial charge in [0, 0.05) is 12.1 Å². The second-order valence-corrected chi connectivity index (χ2v) is 4.53. The minimum atomic E-state index is -0.986. The highest BCUT2D eigenvalue weighted by Gasteiger charge is 2.48. The summed E-state index contributed by atoms with van der Waals surface area (Å²) in [6, 6.07) is 3.58. The minimum Gasteiger partial charge on any atom is -0.481 e. The maximum absolute atomic E-state index is 13.3. The maximum Gasteiger partial charge on any atom is 0.307 e. The Hall–Kier alpha value is -1.98. The van der Waals surface area contributed by atoms with Gasteiger partial charge in [0.1, 0.15) is 11.6 Å². The van der Waals surface area contributed by atoms with Gasteiger partial charge in [-0.1, -0.05) is 6.07 Å².